The molecule has 0 atom stereocenters. The third-order valence-corrected chi connectivity index (χ3v) is 4.14. The molecule has 128 valence electrons. The van der Waals surface area contributed by atoms with Gasteiger partial charge in [0.1, 0.15) is 5.82 Å². The zero-order valence-electron chi connectivity index (χ0n) is 14.0. The minimum atomic E-state index is -0.311. The van der Waals surface area contributed by atoms with Crippen molar-refractivity contribution in [2.75, 3.05) is 0 Å². The van der Waals surface area contributed by atoms with Crippen LogP contribution in [0.15, 0.2) is 71.5 Å². The molecule has 4 rings (SSSR count). The van der Waals surface area contributed by atoms with Gasteiger partial charge in [0.05, 0.1) is 22.7 Å². The molecular weight excluding hydrogens is 331 g/mol. The van der Waals surface area contributed by atoms with Crippen LogP contribution in [-0.4, -0.2) is 21.4 Å². The quantitative estimate of drug-likeness (QED) is 0.737. The number of hydrazone groups is 1. The summed E-state index contributed by atoms with van der Waals surface area (Å²) >= 11 is 0. The van der Waals surface area contributed by atoms with Gasteiger partial charge < -0.3 is 0 Å². The highest BCUT2D eigenvalue weighted by atomic mass is 19.1. The number of benzene rings is 2. The number of carbonyl (C=O) groups excluding carboxylic acids is 1. The Morgan fingerprint density at radius 2 is 1.81 bits per heavy atom. The van der Waals surface area contributed by atoms with Crippen LogP contribution >= 0.6 is 0 Å². The number of rotatable bonds is 3. The average Bonchev–Trinajstić information content (AvgIpc) is 3.22. The number of nitrogens with one attached hydrogen (secondary N) is 1. The molecule has 0 unspecified atom stereocenters. The smallest absolute Gasteiger partial charge is 0.267 e. The summed E-state index contributed by atoms with van der Waals surface area (Å²) in [5.41, 5.74) is 6.62. The lowest BCUT2D eigenvalue weighted by Gasteiger charge is -2.01. The van der Waals surface area contributed by atoms with Crippen LogP contribution < -0.4 is 5.43 Å². The number of nitrogens with zero attached hydrogens (tertiary/aromatic N) is 3. The maximum absolute atomic E-state index is 13.3. The lowest BCUT2D eigenvalue weighted by atomic mass is 10.0. The molecule has 1 aromatic heterocycles. The lowest BCUT2D eigenvalue weighted by Crippen LogP contribution is -2.12. The fourth-order valence-corrected chi connectivity index (χ4v) is 2.78. The van der Waals surface area contributed by atoms with Gasteiger partial charge in [0.2, 0.25) is 0 Å². The second-order valence-electron chi connectivity index (χ2n) is 5.92. The number of amides is 1. The lowest BCUT2D eigenvalue weighted by molar-refractivity contribution is -0.116. The Hall–Kier alpha value is -3.54. The third kappa shape index (κ3) is 2.93. The van der Waals surface area contributed by atoms with Crippen LogP contribution in [0.25, 0.3) is 23.0 Å². The summed E-state index contributed by atoms with van der Waals surface area (Å²) < 4.78 is 15.0. The minimum absolute atomic E-state index is 0.250. The van der Waals surface area contributed by atoms with Crippen LogP contribution in [0, 0.1) is 5.82 Å². The van der Waals surface area contributed by atoms with Crippen molar-refractivity contribution in [1.82, 2.24) is 15.2 Å². The summed E-state index contributed by atoms with van der Waals surface area (Å²) in [7, 11) is 0. The van der Waals surface area contributed by atoms with Gasteiger partial charge in [-0.2, -0.15) is 10.2 Å². The summed E-state index contributed by atoms with van der Waals surface area (Å²) in [5.74, 6) is -0.561. The highest BCUT2D eigenvalue weighted by Crippen LogP contribution is 2.26. The van der Waals surface area contributed by atoms with Gasteiger partial charge >= 0.3 is 0 Å². The van der Waals surface area contributed by atoms with Crippen LogP contribution in [0.5, 0.6) is 0 Å². The molecule has 0 aliphatic carbocycles. The minimum Gasteiger partial charge on any atom is -0.267 e. The van der Waals surface area contributed by atoms with E-state index in [0.29, 0.717) is 17.0 Å². The number of carbonyl (C=O) groups is 1. The van der Waals surface area contributed by atoms with E-state index in [1.807, 2.05) is 36.5 Å². The standard InChI is InChI=1S/C20H15FN4O/c1-13-18(20(26)23-22-13)11-15-12-25(17-5-3-2-4-6-17)24-19(15)14-7-9-16(21)10-8-14/h2-12H,1H3,(H,23,26)/b18-11-. The Balaban J connectivity index is 1.87. The average molecular weight is 346 g/mol. The Labute approximate surface area is 149 Å². The molecule has 2 aromatic carbocycles. The molecule has 1 aliphatic rings. The van der Waals surface area contributed by atoms with Crippen LogP contribution in [0.3, 0.4) is 0 Å². The molecule has 0 bridgehead atoms. The van der Waals surface area contributed by atoms with E-state index in [1.165, 1.54) is 12.1 Å². The molecule has 0 fully saturated rings. The normalized spacial score (nSPS) is 15.2. The maximum atomic E-state index is 13.3. The highest BCUT2D eigenvalue weighted by molar-refractivity contribution is 6.26. The fourth-order valence-electron chi connectivity index (χ4n) is 2.78. The number of hydrogen-bond acceptors (Lipinski definition) is 3. The number of para-hydroxylation sites is 1. The zero-order chi connectivity index (χ0) is 18.1. The van der Waals surface area contributed by atoms with Gasteiger partial charge in [0.25, 0.3) is 5.91 Å². The summed E-state index contributed by atoms with van der Waals surface area (Å²) in [6.45, 7) is 1.77. The van der Waals surface area contributed by atoms with Crippen LogP contribution in [-0.2, 0) is 4.79 Å². The second kappa shape index (κ2) is 6.40. The van der Waals surface area contributed by atoms with Crippen LogP contribution in [0.2, 0.25) is 0 Å². The Bertz CT molecular complexity index is 1030. The van der Waals surface area contributed by atoms with Gasteiger partial charge in [-0.1, -0.05) is 18.2 Å². The molecule has 5 nitrogen and oxygen atoms in total. The predicted octanol–water partition coefficient (Wildman–Crippen LogP) is 3.57. The van der Waals surface area contributed by atoms with E-state index in [2.05, 4.69) is 15.6 Å². The zero-order valence-corrected chi connectivity index (χ0v) is 14.0. The molecule has 0 spiro atoms. The predicted molar refractivity (Wildman–Crippen MR) is 98.2 cm³/mol. The van der Waals surface area contributed by atoms with Crippen molar-refractivity contribution in [1.29, 1.82) is 0 Å². The van der Waals surface area contributed by atoms with Crippen molar-refractivity contribution in [3.8, 4) is 16.9 Å². The van der Waals surface area contributed by atoms with Gasteiger partial charge in [0.15, 0.2) is 0 Å². The summed E-state index contributed by atoms with van der Waals surface area (Å²) in [6, 6.07) is 15.8. The van der Waals surface area contributed by atoms with E-state index in [1.54, 1.807) is 29.8 Å². The Morgan fingerprint density at radius 3 is 2.46 bits per heavy atom. The molecule has 26 heavy (non-hydrogen) atoms. The molecule has 0 saturated heterocycles. The van der Waals surface area contributed by atoms with Crippen LogP contribution in [0.4, 0.5) is 4.39 Å². The van der Waals surface area contributed by atoms with Crippen molar-refractivity contribution >= 4 is 17.7 Å². The van der Waals surface area contributed by atoms with Gasteiger partial charge in [-0.15, -0.1) is 0 Å². The molecule has 1 amide bonds. The van der Waals surface area contributed by atoms with E-state index >= 15 is 0 Å². The number of halogens is 1. The molecule has 1 N–H and O–H groups in total. The van der Waals surface area contributed by atoms with E-state index in [-0.39, 0.29) is 11.7 Å². The van der Waals surface area contributed by atoms with E-state index < -0.39 is 0 Å². The van der Waals surface area contributed by atoms with Crippen LogP contribution in [0.1, 0.15) is 12.5 Å². The monoisotopic (exact) mass is 346 g/mol. The van der Waals surface area contributed by atoms with Gasteiger partial charge in [-0.3, -0.25) is 4.79 Å². The largest absolute Gasteiger partial charge is 0.273 e. The molecule has 2 heterocycles. The number of aromatic nitrogens is 2. The summed E-state index contributed by atoms with van der Waals surface area (Å²) in [6.07, 6.45) is 3.60. The van der Waals surface area contributed by atoms with Crippen molar-refractivity contribution in [3.63, 3.8) is 0 Å². The topological polar surface area (TPSA) is 59.3 Å². The molecule has 0 radical (unpaired) electrons. The first kappa shape index (κ1) is 16.0. The second-order valence-corrected chi connectivity index (χ2v) is 5.92. The Morgan fingerprint density at radius 1 is 1.08 bits per heavy atom. The molecule has 1 aliphatic heterocycles. The first-order chi connectivity index (χ1) is 12.6. The first-order valence-electron chi connectivity index (χ1n) is 8.09. The summed E-state index contributed by atoms with van der Waals surface area (Å²) in [4.78, 5) is 12.0. The van der Waals surface area contributed by atoms with Gasteiger partial charge in [-0.25, -0.2) is 14.5 Å². The first-order valence-corrected chi connectivity index (χ1v) is 8.09. The van der Waals surface area contributed by atoms with Gasteiger partial charge in [-0.05, 0) is 49.4 Å². The van der Waals surface area contributed by atoms with E-state index in [9.17, 15) is 9.18 Å². The molecule has 0 saturated carbocycles. The summed E-state index contributed by atoms with van der Waals surface area (Å²) in [5, 5.41) is 8.60. The highest BCUT2D eigenvalue weighted by Gasteiger charge is 2.20. The molecule has 6 heteroatoms. The third-order valence-electron chi connectivity index (χ3n) is 4.14. The van der Waals surface area contributed by atoms with Crippen molar-refractivity contribution in [2.45, 2.75) is 6.92 Å². The van der Waals surface area contributed by atoms with Crippen molar-refractivity contribution in [3.05, 3.63) is 77.7 Å². The molecular formula is C20H15FN4O. The number of hydrogen-bond donors (Lipinski definition) is 1. The van der Waals surface area contributed by atoms with Crippen molar-refractivity contribution < 1.29 is 9.18 Å². The SMILES string of the molecule is CC1=NNC(=O)/C1=C\c1cn(-c2ccccc2)nc1-c1ccc(F)cc1. The molecule has 3 aromatic rings. The van der Waals surface area contributed by atoms with E-state index in [4.69, 9.17) is 0 Å². The van der Waals surface area contributed by atoms with E-state index in [0.717, 1.165) is 16.8 Å². The maximum Gasteiger partial charge on any atom is 0.273 e. The Kier molecular flexibility index (Phi) is 3.93. The van der Waals surface area contributed by atoms with Crippen molar-refractivity contribution in [2.24, 2.45) is 5.10 Å². The fraction of sp³-hybridized carbons (Fsp3) is 0.0500. The van der Waals surface area contributed by atoms with Gasteiger partial charge in [0, 0.05) is 17.3 Å².